The summed E-state index contributed by atoms with van der Waals surface area (Å²) in [6, 6.07) is 16.7. The van der Waals surface area contributed by atoms with E-state index in [1.165, 1.54) is 18.4 Å². The highest BCUT2D eigenvalue weighted by atomic mass is 35.5. The Hall–Kier alpha value is -3.20. The Labute approximate surface area is 226 Å². The Morgan fingerprint density at radius 1 is 1.11 bits per heavy atom. The van der Waals surface area contributed by atoms with Crippen molar-refractivity contribution in [2.24, 2.45) is 11.7 Å². The summed E-state index contributed by atoms with van der Waals surface area (Å²) in [5, 5.41) is 16.5. The third-order valence-corrected chi connectivity index (χ3v) is 7.88. The van der Waals surface area contributed by atoms with Crippen LogP contribution >= 0.6 is 22.9 Å². The first-order valence-corrected chi connectivity index (χ1v) is 13.6. The summed E-state index contributed by atoms with van der Waals surface area (Å²) in [6.45, 7) is 4.04. The monoisotopic (exact) mass is 537 g/mol. The van der Waals surface area contributed by atoms with Crippen LogP contribution in [0.1, 0.15) is 48.9 Å². The topological polar surface area (TPSA) is 120 Å². The number of halogens is 1. The Balaban J connectivity index is 1.41. The zero-order valence-corrected chi connectivity index (χ0v) is 22.3. The number of nitrogens with two attached hydrogens (primary N) is 1. The Bertz CT molecular complexity index is 1270. The van der Waals surface area contributed by atoms with E-state index in [1.54, 1.807) is 35.6 Å². The molecule has 0 bridgehead atoms. The zero-order chi connectivity index (χ0) is 26.4. The highest BCUT2D eigenvalue weighted by Crippen LogP contribution is 2.36. The van der Waals surface area contributed by atoms with Crippen LogP contribution in [0.25, 0.3) is 10.4 Å². The van der Waals surface area contributed by atoms with Gasteiger partial charge in [0.2, 0.25) is 11.8 Å². The summed E-state index contributed by atoms with van der Waals surface area (Å²) < 4.78 is 0.747. The number of amides is 2. The van der Waals surface area contributed by atoms with Crippen LogP contribution < -0.4 is 21.7 Å². The van der Waals surface area contributed by atoms with Crippen LogP contribution in [0.5, 0.6) is 0 Å². The predicted molar refractivity (Wildman–Crippen MR) is 151 cm³/mol. The molecule has 3 aromatic rings. The fraction of sp³-hybridized carbons (Fsp3) is 0.321. The molecule has 1 aromatic heterocycles. The number of rotatable bonds is 9. The lowest BCUT2D eigenvalue weighted by molar-refractivity contribution is -0.127. The molecular formula is C28H32ClN5O2S. The summed E-state index contributed by atoms with van der Waals surface area (Å²) in [6.07, 6.45) is 3.06. The lowest BCUT2D eigenvalue weighted by Crippen LogP contribution is -2.30. The largest absolute Gasteiger partial charge is 0.384 e. The van der Waals surface area contributed by atoms with E-state index < -0.39 is 5.91 Å². The Morgan fingerprint density at radius 2 is 1.84 bits per heavy atom. The Kier molecular flexibility index (Phi) is 8.97. The van der Waals surface area contributed by atoms with Crippen molar-refractivity contribution in [2.75, 3.05) is 18.4 Å². The minimum absolute atomic E-state index is 0.0455. The number of anilines is 1. The summed E-state index contributed by atoms with van der Waals surface area (Å²) in [5.74, 6) is -0.164. The van der Waals surface area contributed by atoms with E-state index in [9.17, 15) is 9.59 Å². The second kappa shape index (κ2) is 12.4. The molecule has 194 valence electrons. The summed E-state index contributed by atoms with van der Waals surface area (Å²) >= 11 is 7.81. The van der Waals surface area contributed by atoms with Crippen LogP contribution in [0.15, 0.2) is 54.6 Å². The van der Waals surface area contributed by atoms with E-state index in [0.717, 1.165) is 39.9 Å². The molecule has 7 nitrogen and oxygen atoms in total. The molecule has 2 aromatic carbocycles. The number of thiophene rings is 1. The molecule has 1 atom stereocenters. The van der Waals surface area contributed by atoms with Gasteiger partial charge in [-0.3, -0.25) is 15.0 Å². The quantitative estimate of drug-likeness (QED) is 0.148. The zero-order valence-electron chi connectivity index (χ0n) is 20.8. The van der Waals surface area contributed by atoms with Gasteiger partial charge in [0.25, 0.3) is 0 Å². The molecule has 0 aliphatic carbocycles. The highest BCUT2D eigenvalue weighted by Gasteiger charge is 2.19. The number of benzene rings is 2. The number of nitrogens with one attached hydrogen (secondary N) is 4. The molecule has 1 aliphatic heterocycles. The minimum Gasteiger partial charge on any atom is -0.384 e. The van der Waals surface area contributed by atoms with Gasteiger partial charge in [-0.25, -0.2) is 0 Å². The third kappa shape index (κ3) is 7.41. The van der Waals surface area contributed by atoms with Gasteiger partial charge in [-0.05, 0) is 104 Å². The molecule has 0 saturated carbocycles. The molecule has 37 heavy (non-hydrogen) atoms. The third-order valence-electron chi connectivity index (χ3n) is 6.62. The number of nitrogen functional groups attached to an aromatic ring is 1. The molecule has 2 amide bonds. The van der Waals surface area contributed by atoms with Crippen LogP contribution in [0.4, 0.5) is 5.69 Å². The van der Waals surface area contributed by atoms with Crippen molar-refractivity contribution in [3.05, 3.63) is 75.6 Å². The first-order chi connectivity index (χ1) is 17.8. The van der Waals surface area contributed by atoms with Gasteiger partial charge in [0, 0.05) is 16.1 Å². The van der Waals surface area contributed by atoms with Crippen molar-refractivity contribution in [3.8, 4) is 10.4 Å². The maximum atomic E-state index is 12.6. The molecule has 4 rings (SSSR count). The molecule has 1 saturated heterocycles. The van der Waals surface area contributed by atoms with Crippen molar-refractivity contribution in [1.29, 1.82) is 5.41 Å². The van der Waals surface area contributed by atoms with Crippen LogP contribution in [0.3, 0.4) is 0 Å². The van der Waals surface area contributed by atoms with Crippen LogP contribution in [0, 0.1) is 11.3 Å². The minimum atomic E-state index is -0.411. The van der Waals surface area contributed by atoms with Crippen LogP contribution in [-0.2, 0) is 16.0 Å². The standard InChI is InChI=1S/C28H32ClN5O2S/c1-17(33-26(35)16-27(36)34-22-6-4-19(5-7-22)28(30)31)20-2-3-21(14-18-10-12-32-13-11-18)23(15-20)24-8-9-25(29)37-24/h2-9,15,17-18,32H,10-14,16H2,1H3,(H3,30,31)(H,33,35)(H,34,36). The van der Waals surface area contributed by atoms with Gasteiger partial charge in [-0.1, -0.05) is 23.7 Å². The second-order valence-electron chi connectivity index (χ2n) is 9.42. The van der Waals surface area contributed by atoms with Crippen molar-refractivity contribution in [3.63, 3.8) is 0 Å². The second-order valence-corrected chi connectivity index (χ2v) is 11.1. The molecule has 6 N–H and O–H groups in total. The number of carbonyl (C=O) groups excluding carboxylic acids is 2. The van der Waals surface area contributed by atoms with Crippen molar-refractivity contribution in [1.82, 2.24) is 10.6 Å². The molecule has 1 aliphatic rings. The highest BCUT2D eigenvalue weighted by molar-refractivity contribution is 7.19. The lowest BCUT2D eigenvalue weighted by Gasteiger charge is -2.24. The van der Waals surface area contributed by atoms with E-state index >= 15 is 0 Å². The first kappa shape index (κ1) is 26.9. The van der Waals surface area contributed by atoms with Gasteiger partial charge in [-0.2, -0.15) is 0 Å². The number of piperidine rings is 1. The van der Waals surface area contributed by atoms with Gasteiger partial charge in [0.05, 0.1) is 10.4 Å². The Morgan fingerprint density at radius 3 is 2.49 bits per heavy atom. The van der Waals surface area contributed by atoms with Gasteiger partial charge in [-0.15, -0.1) is 11.3 Å². The summed E-state index contributed by atoms with van der Waals surface area (Å²) in [4.78, 5) is 26.1. The number of carbonyl (C=O) groups is 2. The van der Waals surface area contributed by atoms with Gasteiger partial charge < -0.3 is 21.7 Å². The fourth-order valence-electron chi connectivity index (χ4n) is 4.59. The maximum absolute atomic E-state index is 12.6. The molecule has 0 spiro atoms. The maximum Gasteiger partial charge on any atom is 0.233 e. The van der Waals surface area contributed by atoms with Gasteiger partial charge in [0.1, 0.15) is 12.3 Å². The van der Waals surface area contributed by atoms with Crippen LogP contribution in [0.2, 0.25) is 4.34 Å². The van der Waals surface area contributed by atoms with Crippen LogP contribution in [-0.4, -0.2) is 30.7 Å². The van der Waals surface area contributed by atoms with Crippen molar-refractivity contribution >= 4 is 46.3 Å². The van der Waals surface area contributed by atoms with Crippen molar-refractivity contribution in [2.45, 2.75) is 38.6 Å². The lowest BCUT2D eigenvalue weighted by atomic mass is 9.87. The van der Waals surface area contributed by atoms with Gasteiger partial charge in [0.15, 0.2) is 0 Å². The SMILES string of the molecule is CC(NC(=O)CC(=O)Nc1ccc(C(=N)N)cc1)c1ccc(CC2CCNCC2)c(-c2ccc(Cl)s2)c1. The molecule has 1 fully saturated rings. The first-order valence-electron chi connectivity index (χ1n) is 12.4. The van der Waals surface area contributed by atoms with Crippen molar-refractivity contribution < 1.29 is 9.59 Å². The van der Waals surface area contributed by atoms with E-state index in [4.69, 9.17) is 22.7 Å². The normalized spacial score (nSPS) is 14.6. The number of amidine groups is 1. The molecule has 9 heteroatoms. The number of hydrogen-bond acceptors (Lipinski definition) is 5. The molecule has 1 unspecified atom stereocenters. The fourth-order valence-corrected chi connectivity index (χ4v) is 5.68. The van der Waals surface area contributed by atoms with Gasteiger partial charge >= 0.3 is 0 Å². The molecular weight excluding hydrogens is 506 g/mol. The smallest absolute Gasteiger partial charge is 0.233 e. The van der Waals surface area contributed by atoms with E-state index in [-0.39, 0.29) is 24.2 Å². The molecule has 0 radical (unpaired) electrons. The average molecular weight is 538 g/mol. The van der Waals surface area contributed by atoms with E-state index in [0.29, 0.717) is 17.2 Å². The molecule has 2 heterocycles. The van der Waals surface area contributed by atoms with E-state index in [2.05, 4.69) is 40.2 Å². The predicted octanol–water partition coefficient (Wildman–Crippen LogP) is 5.10. The average Bonchev–Trinajstić information content (AvgIpc) is 3.31. The van der Waals surface area contributed by atoms with E-state index in [1.807, 2.05) is 13.0 Å². The summed E-state index contributed by atoms with van der Waals surface area (Å²) in [7, 11) is 0. The summed E-state index contributed by atoms with van der Waals surface area (Å²) in [5.41, 5.74) is 9.98. The number of hydrogen-bond donors (Lipinski definition) is 5.